The fourth-order valence-corrected chi connectivity index (χ4v) is 1.07. The smallest absolute Gasteiger partial charge is 0.233 e. The highest BCUT2D eigenvalue weighted by Crippen LogP contribution is 2.17. The first-order chi connectivity index (χ1) is 6.69. The molecule has 14 heavy (non-hydrogen) atoms. The fraction of sp³-hybridized carbons (Fsp3) is 0.333. The van der Waals surface area contributed by atoms with Gasteiger partial charge in [0.05, 0.1) is 18.8 Å². The number of methoxy groups -OCH3 is 1. The molecule has 0 aliphatic carbocycles. The number of aromatic nitrogens is 2. The van der Waals surface area contributed by atoms with E-state index < -0.39 is 0 Å². The van der Waals surface area contributed by atoms with Crippen molar-refractivity contribution in [3.63, 3.8) is 0 Å². The number of hydrogen-bond acceptors (Lipinski definition) is 5. The highest BCUT2D eigenvalue weighted by molar-refractivity contribution is 5.20. The third-order valence-electron chi connectivity index (χ3n) is 1.83. The molecule has 1 atom stereocenters. The molecule has 76 valence electrons. The molecule has 0 saturated heterocycles. The summed E-state index contributed by atoms with van der Waals surface area (Å²) in [6.45, 7) is 5.68. The van der Waals surface area contributed by atoms with Gasteiger partial charge < -0.3 is 4.74 Å². The normalized spacial score (nSPS) is 12.2. The zero-order valence-corrected chi connectivity index (χ0v) is 8.32. The predicted octanol–water partition coefficient (Wildman–Crippen LogP) is 0.566. The summed E-state index contributed by atoms with van der Waals surface area (Å²) >= 11 is 0. The summed E-state index contributed by atoms with van der Waals surface area (Å²) < 4.78 is 4.90. The minimum atomic E-state index is -0.173. The number of rotatable bonds is 4. The van der Waals surface area contributed by atoms with Crippen LogP contribution in [0.4, 0.5) is 0 Å². The number of nitrogens with two attached hydrogens (primary N) is 1. The Morgan fingerprint density at radius 3 is 2.64 bits per heavy atom. The third kappa shape index (κ3) is 2.27. The molecule has 0 radical (unpaired) electrons. The molecule has 0 aliphatic rings. The Balaban J connectivity index is 2.89. The molecular weight excluding hydrogens is 180 g/mol. The second kappa shape index (κ2) is 4.69. The Morgan fingerprint density at radius 1 is 1.57 bits per heavy atom. The van der Waals surface area contributed by atoms with Crippen LogP contribution < -0.4 is 16.0 Å². The average molecular weight is 194 g/mol. The zero-order valence-electron chi connectivity index (χ0n) is 8.32. The van der Waals surface area contributed by atoms with E-state index in [-0.39, 0.29) is 6.04 Å². The molecule has 0 aromatic carbocycles. The molecule has 0 aliphatic heterocycles. The molecule has 0 spiro atoms. The summed E-state index contributed by atoms with van der Waals surface area (Å²) in [7, 11) is 1.54. The number of ether oxygens (including phenoxy) is 1. The molecular formula is C9H14N4O. The third-order valence-corrected chi connectivity index (χ3v) is 1.83. The minimum Gasteiger partial charge on any atom is -0.480 e. The first-order valence-electron chi connectivity index (χ1n) is 4.18. The standard InChI is InChI=1S/C9H14N4O/c1-6(2)9(11-10)7-4-5-8(14-3)13-12-7/h4-5,9,11H,1,10H2,2-3H3. The maximum atomic E-state index is 5.37. The molecule has 5 heteroatoms. The first kappa shape index (κ1) is 10.6. The molecule has 1 rings (SSSR count). The Morgan fingerprint density at radius 2 is 2.29 bits per heavy atom. The van der Waals surface area contributed by atoms with Crippen molar-refractivity contribution in [3.05, 3.63) is 30.0 Å². The van der Waals surface area contributed by atoms with E-state index in [2.05, 4.69) is 22.2 Å². The van der Waals surface area contributed by atoms with Gasteiger partial charge in [-0.2, -0.15) is 0 Å². The van der Waals surface area contributed by atoms with E-state index in [9.17, 15) is 0 Å². The van der Waals surface area contributed by atoms with Crippen LogP contribution in [0, 0.1) is 0 Å². The molecule has 0 fully saturated rings. The first-order valence-corrected chi connectivity index (χ1v) is 4.18. The van der Waals surface area contributed by atoms with E-state index in [1.807, 2.05) is 6.92 Å². The van der Waals surface area contributed by atoms with Gasteiger partial charge in [-0.15, -0.1) is 10.2 Å². The SMILES string of the molecule is C=C(C)C(NN)c1ccc(OC)nn1. The van der Waals surface area contributed by atoms with Crippen molar-refractivity contribution >= 4 is 0 Å². The van der Waals surface area contributed by atoms with E-state index in [1.165, 1.54) is 0 Å². The van der Waals surface area contributed by atoms with Gasteiger partial charge in [0.25, 0.3) is 0 Å². The number of hydrogen-bond donors (Lipinski definition) is 2. The number of hydrazine groups is 1. The quantitative estimate of drug-likeness (QED) is 0.416. The topological polar surface area (TPSA) is 73.1 Å². The van der Waals surface area contributed by atoms with Crippen LogP contribution in [0.25, 0.3) is 0 Å². The maximum Gasteiger partial charge on any atom is 0.233 e. The summed E-state index contributed by atoms with van der Waals surface area (Å²) in [5.74, 6) is 5.84. The Kier molecular flexibility index (Phi) is 3.55. The molecule has 0 bridgehead atoms. The van der Waals surface area contributed by atoms with Crippen LogP contribution in [0.2, 0.25) is 0 Å². The second-order valence-electron chi connectivity index (χ2n) is 2.95. The van der Waals surface area contributed by atoms with E-state index in [0.29, 0.717) is 5.88 Å². The Labute approximate surface area is 82.9 Å². The summed E-state index contributed by atoms with van der Waals surface area (Å²) in [6.07, 6.45) is 0. The fourth-order valence-electron chi connectivity index (χ4n) is 1.07. The molecule has 1 aromatic rings. The lowest BCUT2D eigenvalue weighted by atomic mass is 10.1. The van der Waals surface area contributed by atoms with Crippen molar-refractivity contribution in [3.8, 4) is 5.88 Å². The van der Waals surface area contributed by atoms with E-state index in [0.717, 1.165) is 11.3 Å². The van der Waals surface area contributed by atoms with Crippen LogP contribution in [0.15, 0.2) is 24.3 Å². The van der Waals surface area contributed by atoms with Crippen molar-refractivity contribution in [1.29, 1.82) is 0 Å². The molecule has 1 aromatic heterocycles. The van der Waals surface area contributed by atoms with Crippen LogP contribution in [-0.4, -0.2) is 17.3 Å². The summed E-state index contributed by atoms with van der Waals surface area (Å²) in [5, 5.41) is 7.80. The highest BCUT2D eigenvalue weighted by Gasteiger charge is 2.11. The monoisotopic (exact) mass is 194 g/mol. The van der Waals surface area contributed by atoms with E-state index in [1.54, 1.807) is 19.2 Å². The van der Waals surface area contributed by atoms with Gasteiger partial charge in [-0.3, -0.25) is 5.84 Å². The minimum absolute atomic E-state index is 0.173. The van der Waals surface area contributed by atoms with Crippen LogP contribution in [0.3, 0.4) is 0 Å². The van der Waals surface area contributed by atoms with Crippen molar-refractivity contribution in [2.75, 3.05) is 7.11 Å². The second-order valence-corrected chi connectivity index (χ2v) is 2.95. The van der Waals surface area contributed by atoms with Crippen LogP contribution in [0.5, 0.6) is 5.88 Å². The summed E-state index contributed by atoms with van der Waals surface area (Å²) in [5.41, 5.74) is 4.22. The lowest BCUT2D eigenvalue weighted by Gasteiger charge is -2.14. The van der Waals surface area contributed by atoms with Crippen molar-refractivity contribution in [2.24, 2.45) is 5.84 Å². The lowest BCUT2D eigenvalue weighted by molar-refractivity contribution is 0.390. The number of nitrogens with zero attached hydrogens (tertiary/aromatic N) is 2. The van der Waals surface area contributed by atoms with Crippen molar-refractivity contribution in [1.82, 2.24) is 15.6 Å². The van der Waals surface area contributed by atoms with Crippen molar-refractivity contribution < 1.29 is 4.74 Å². The Bertz CT molecular complexity index is 309. The predicted molar refractivity (Wildman–Crippen MR) is 53.5 cm³/mol. The molecule has 1 heterocycles. The van der Waals surface area contributed by atoms with Gasteiger partial charge in [0, 0.05) is 6.07 Å². The van der Waals surface area contributed by atoms with Gasteiger partial charge in [-0.1, -0.05) is 12.2 Å². The van der Waals surface area contributed by atoms with Gasteiger partial charge in [-0.25, -0.2) is 5.43 Å². The van der Waals surface area contributed by atoms with Crippen LogP contribution in [-0.2, 0) is 0 Å². The van der Waals surface area contributed by atoms with Crippen molar-refractivity contribution in [2.45, 2.75) is 13.0 Å². The van der Waals surface area contributed by atoms with E-state index in [4.69, 9.17) is 10.6 Å². The molecule has 3 N–H and O–H groups in total. The van der Waals surface area contributed by atoms with E-state index >= 15 is 0 Å². The molecule has 0 saturated carbocycles. The molecule has 1 unspecified atom stereocenters. The summed E-state index contributed by atoms with van der Waals surface area (Å²) in [4.78, 5) is 0. The van der Waals surface area contributed by atoms with Gasteiger partial charge >= 0.3 is 0 Å². The largest absolute Gasteiger partial charge is 0.480 e. The molecule has 0 amide bonds. The average Bonchev–Trinajstić information content (AvgIpc) is 2.19. The lowest BCUT2D eigenvalue weighted by Crippen LogP contribution is -2.29. The van der Waals surface area contributed by atoms with Crippen LogP contribution >= 0.6 is 0 Å². The van der Waals surface area contributed by atoms with Gasteiger partial charge in [0.2, 0.25) is 5.88 Å². The molecule has 5 nitrogen and oxygen atoms in total. The maximum absolute atomic E-state index is 5.37. The highest BCUT2D eigenvalue weighted by atomic mass is 16.5. The number of nitrogens with one attached hydrogen (secondary N) is 1. The summed E-state index contributed by atoms with van der Waals surface area (Å²) in [6, 6.07) is 3.36. The van der Waals surface area contributed by atoms with Gasteiger partial charge in [0.1, 0.15) is 0 Å². The van der Waals surface area contributed by atoms with Crippen LogP contribution in [0.1, 0.15) is 18.7 Å². The van der Waals surface area contributed by atoms with Gasteiger partial charge in [-0.05, 0) is 13.0 Å². The Hall–Kier alpha value is -1.46. The zero-order chi connectivity index (χ0) is 10.6. The van der Waals surface area contributed by atoms with Gasteiger partial charge in [0.15, 0.2) is 0 Å².